The summed E-state index contributed by atoms with van der Waals surface area (Å²) in [4.78, 5) is 0.0497. The van der Waals surface area contributed by atoms with Crippen molar-refractivity contribution in [2.24, 2.45) is 0 Å². The first-order valence-corrected chi connectivity index (χ1v) is 10.3. The fourth-order valence-corrected chi connectivity index (χ4v) is 4.94. The van der Waals surface area contributed by atoms with Crippen molar-refractivity contribution in [2.45, 2.75) is 24.8 Å². The molecule has 0 aliphatic heterocycles. The summed E-state index contributed by atoms with van der Waals surface area (Å²) in [6.45, 7) is 3.66. The van der Waals surface area contributed by atoms with Crippen LogP contribution >= 0.6 is 15.9 Å². The van der Waals surface area contributed by atoms with Gasteiger partial charge in [-0.3, -0.25) is 4.18 Å². The van der Waals surface area contributed by atoms with Gasteiger partial charge in [-0.05, 0) is 36.4 Å². The minimum atomic E-state index is -4.05. The molecule has 0 N–H and O–H groups in total. The van der Waals surface area contributed by atoms with Crippen LogP contribution in [-0.4, -0.2) is 15.5 Å². The van der Waals surface area contributed by atoms with Crippen LogP contribution in [0, 0.1) is 6.92 Å². The van der Waals surface area contributed by atoms with Gasteiger partial charge in [-0.1, -0.05) is 64.5 Å². The summed E-state index contributed by atoms with van der Waals surface area (Å²) >= 11 is 3.51. The number of rotatable bonds is 5. The maximum Gasteiger partial charge on any atom is 0.301 e. The van der Waals surface area contributed by atoms with Crippen LogP contribution in [0.4, 0.5) is 0 Å². The van der Waals surface area contributed by atoms with Gasteiger partial charge < -0.3 is 4.74 Å². The second-order valence-electron chi connectivity index (χ2n) is 5.99. The molecule has 26 heavy (non-hydrogen) atoms. The van der Waals surface area contributed by atoms with Crippen LogP contribution in [0.3, 0.4) is 0 Å². The van der Waals surface area contributed by atoms with Crippen LogP contribution in [0.1, 0.15) is 24.2 Å². The Morgan fingerprint density at radius 2 is 1.73 bits per heavy atom. The number of methoxy groups -OCH3 is 1. The van der Waals surface area contributed by atoms with Crippen molar-refractivity contribution in [3.8, 4) is 5.75 Å². The first kappa shape index (κ1) is 18.9. The molecule has 4 nitrogen and oxygen atoms in total. The Hall–Kier alpha value is -1.89. The Morgan fingerprint density at radius 3 is 2.46 bits per heavy atom. The fourth-order valence-electron chi connectivity index (χ4n) is 2.92. The number of fused-ring (bicyclic) bond motifs is 1. The largest absolute Gasteiger partial charge is 0.495 e. The molecule has 0 spiro atoms. The third-order valence-corrected chi connectivity index (χ3v) is 6.79. The molecule has 0 radical (unpaired) electrons. The Morgan fingerprint density at radius 1 is 1.00 bits per heavy atom. The monoisotopic (exact) mass is 434 g/mol. The lowest BCUT2D eigenvalue weighted by atomic mass is 10.1. The van der Waals surface area contributed by atoms with E-state index in [2.05, 4.69) is 15.9 Å². The number of hydrogen-bond donors (Lipinski definition) is 0. The summed E-state index contributed by atoms with van der Waals surface area (Å²) in [6, 6.07) is 16.4. The summed E-state index contributed by atoms with van der Waals surface area (Å²) < 4.78 is 37.9. The van der Waals surface area contributed by atoms with Crippen molar-refractivity contribution in [1.82, 2.24) is 0 Å². The molecule has 0 heterocycles. The van der Waals surface area contributed by atoms with Gasteiger partial charge in [0.2, 0.25) is 0 Å². The van der Waals surface area contributed by atoms with E-state index in [1.165, 1.54) is 7.11 Å². The molecule has 6 heteroatoms. The summed E-state index contributed by atoms with van der Waals surface area (Å²) in [7, 11) is -2.60. The number of ether oxygens (including phenoxy) is 1. The summed E-state index contributed by atoms with van der Waals surface area (Å²) in [5.74, 6) is 0.263. The molecule has 3 aromatic rings. The minimum absolute atomic E-state index is 0.0497. The highest BCUT2D eigenvalue weighted by molar-refractivity contribution is 9.10. The van der Waals surface area contributed by atoms with E-state index in [0.29, 0.717) is 5.39 Å². The molecule has 0 aliphatic carbocycles. The van der Waals surface area contributed by atoms with Gasteiger partial charge in [0.25, 0.3) is 0 Å². The lowest BCUT2D eigenvalue weighted by Gasteiger charge is -2.18. The van der Waals surface area contributed by atoms with E-state index in [-0.39, 0.29) is 10.6 Å². The zero-order chi connectivity index (χ0) is 18.9. The number of hydrogen-bond acceptors (Lipinski definition) is 4. The Balaban J connectivity index is 2.09. The Bertz CT molecular complexity index is 1060. The van der Waals surface area contributed by atoms with Crippen LogP contribution in [0.25, 0.3) is 10.8 Å². The molecule has 0 saturated heterocycles. The maximum atomic E-state index is 13.1. The quantitative estimate of drug-likeness (QED) is 0.505. The Labute approximate surface area is 162 Å². The number of benzene rings is 3. The van der Waals surface area contributed by atoms with Gasteiger partial charge >= 0.3 is 10.1 Å². The third-order valence-electron chi connectivity index (χ3n) is 4.24. The number of aryl methyl sites for hydroxylation is 1. The lowest BCUT2D eigenvalue weighted by Crippen LogP contribution is -2.12. The van der Waals surface area contributed by atoms with Crippen molar-refractivity contribution in [1.29, 1.82) is 0 Å². The van der Waals surface area contributed by atoms with E-state index in [9.17, 15) is 8.42 Å². The highest BCUT2D eigenvalue weighted by Gasteiger charge is 2.27. The van der Waals surface area contributed by atoms with Crippen LogP contribution in [-0.2, 0) is 14.3 Å². The van der Waals surface area contributed by atoms with E-state index in [0.717, 1.165) is 21.0 Å². The molecule has 3 aromatic carbocycles. The van der Waals surface area contributed by atoms with E-state index in [1.54, 1.807) is 25.1 Å². The van der Waals surface area contributed by atoms with Gasteiger partial charge in [-0.15, -0.1) is 0 Å². The highest BCUT2D eigenvalue weighted by Crippen LogP contribution is 2.37. The lowest BCUT2D eigenvalue weighted by molar-refractivity contribution is 0.232. The van der Waals surface area contributed by atoms with Gasteiger partial charge in [0, 0.05) is 9.86 Å². The molecule has 3 rings (SSSR count). The third kappa shape index (κ3) is 3.49. The van der Waals surface area contributed by atoms with Crippen LogP contribution < -0.4 is 4.74 Å². The molecule has 1 atom stereocenters. The van der Waals surface area contributed by atoms with E-state index in [1.807, 2.05) is 43.3 Å². The average Bonchev–Trinajstić information content (AvgIpc) is 2.62. The molecule has 136 valence electrons. The zero-order valence-corrected chi connectivity index (χ0v) is 17.1. The first-order chi connectivity index (χ1) is 12.3. The first-order valence-electron chi connectivity index (χ1n) is 8.09. The van der Waals surface area contributed by atoms with Crippen LogP contribution in [0.15, 0.2) is 64.0 Å². The smallest absolute Gasteiger partial charge is 0.301 e. The molecule has 0 fully saturated rings. The highest BCUT2D eigenvalue weighted by atomic mass is 79.9. The molecule has 0 amide bonds. The standard InChI is InChI=1S/C20H19BrO4S/c1-13-7-6-10-16(19(13)21)14(2)25-26(22,23)20-17-9-5-4-8-15(17)11-12-18(20)24-3/h4-12,14H,1-3H3. The summed E-state index contributed by atoms with van der Waals surface area (Å²) in [5.41, 5.74) is 1.78. The van der Waals surface area contributed by atoms with Gasteiger partial charge in [0.1, 0.15) is 16.7 Å². The van der Waals surface area contributed by atoms with Gasteiger partial charge in [0.05, 0.1) is 7.11 Å². The molecular weight excluding hydrogens is 416 g/mol. The van der Waals surface area contributed by atoms with Gasteiger partial charge in [-0.2, -0.15) is 8.42 Å². The molecule has 0 aromatic heterocycles. The van der Waals surface area contributed by atoms with E-state index >= 15 is 0 Å². The van der Waals surface area contributed by atoms with Gasteiger partial charge in [-0.25, -0.2) is 0 Å². The predicted molar refractivity (Wildman–Crippen MR) is 106 cm³/mol. The van der Waals surface area contributed by atoms with Crippen molar-refractivity contribution >= 4 is 36.8 Å². The average molecular weight is 435 g/mol. The minimum Gasteiger partial charge on any atom is -0.495 e. The van der Waals surface area contributed by atoms with Crippen LogP contribution in [0.2, 0.25) is 0 Å². The maximum absolute atomic E-state index is 13.1. The normalized spacial score (nSPS) is 12.9. The second-order valence-corrected chi connectivity index (χ2v) is 8.29. The number of halogens is 1. The van der Waals surface area contributed by atoms with Crippen LogP contribution in [0.5, 0.6) is 5.75 Å². The topological polar surface area (TPSA) is 52.6 Å². The molecular formula is C20H19BrO4S. The fraction of sp³-hybridized carbons (Fsp3) is 0.200. The van der Waals surface area contributed by atoms with Crippen molar-refractivity contribution < 1.29 is 17.3 Å². The van der Waals surface area contributed by atoms with E-state index < -0.39 is 16.2 Å². The van der Waals surface area contributed by atoms with Crippen molar-refractivity contribution in [3.63, 3.8) is 0 Å². The molecule has 0 saturated carbocycles. The SMILES string of the molecule is COc1ccc2ccccc2c1S(=O)(=O)OC(C)c1cccc(C)c1Br. The zero-order valence-electron chi connectivity index (χ0n) is 14.7. The molecule has 1 unspecified atom stereocenters. The van der Waals surface area contributed by atoms with Crippen molar-refractivity contribution in [3.05, 3.63) is 70.2 Å². The molecule has 0 aliphatic rings. The molecule has 0 bridgehead atoms. The predicted octanol–water partition coefficient (Wildman–Crippen LogP) is 5.39. The van der Waals surface area contributed by atoms with Gasteiger partial charge in [0.15, 0.2) is 0 Å². The second kappa shape index (κ2) is 7.39. The summed E-state index contributed by atoms with van der Waals surface area (Å²) in [5, 5.41) is 1.38. The Kier molecular flexibility index (Phi) is 5.37. The van der Waals surface area contributed by atoms with Crippen molar-refractivity contribution in [2.75, 3.05) is 7.11 Å². The summed E-state index contributed by atoms with van der Waals surface area (Å²) in [6.07, 6.45) is -0.655. The van der Waals surface area contributed by atoms with E-state index in [4.69, 9.17) is 8.92 Å².